The van der Waals surface area contributed by atoms with Gasteiger partial charge in [0, 0.05) is 17.4 Å². The zero-order chi connectivity index (χ0) is 13.4. The van der Waals surface area contributed by atoms with Crippen LogP contribution in [0.5, 0.6) is 5.75 Å². The molecule has 1 aromatic carbocycles. The third-order valence-electron chi connectivity index (χ3n) is 2.37. The van der Waals surface area contributed by atoms with E-state index in [4.69, 9.17) is 9.84 Å². The Kier molecular flexibility index (Phi) is 6.60. The van der Waals surface area contributed by atoms with Crippen LogP contribution < -0.4 is 10.1 Å². The van der Waals surface area contributed by atoms with E-state index < -0.39 is 0 Å². The molecule has 1 amide bonds. The Labute approximate surface area is 112 Å². The molecule has 0 saturated heterocycles. The van der Waals surface area contributed by atoms with Crippen LogP contribution in [-0.4, -0.2) is 35.7 Å². The van der Waals surface area contributed by atoms with Crippen molar-refractivity contribution in [3.63, 3.8) is 0 Å². The number of amides is 1. The van der Waals surface area contributed by atoms with Crippen LogP contribution in [0.25, 0.3) is 0 Å². The highest BCUT2D eigenvalue weighted by Gasteiger charge is 2.07. The molecule has 0 saturated carbocycles. The summed E-state index contributed by atoms with van der Waals surface area (Å²) in [4.78, 5) is 11.7. The molecule has 0 spiro atoms. The molecule has 1 rings (SSSR count). The summed E-state index contributed by atoms with van der Waals surface area (Å²) in [6.45, 7) is 2.07. The van der Waals surface area contributed by atoms with E-state index in [9.17, 15) is 4.79 Å². The van der Waals surface area contributed by atoms with Crippen molar-refractivity contribution in [2.24, 2.45) is 0 Å². The van der Waals surface area contributed by atoms with Crippen molar-refractivity contribution >= 4 is 23.4 Å². The largest absolute Gasteiger partial charge is 0.495 e. The summed E-state index contributed by atoms with van der Waals surface area (Å²) in [6, 6.07) is 7.31. The quantitative estimate of drug-likeness (QED) is 0.796. The predicted octanol–water partition coefficient (Wildman–Crippen LogP) is 2.14. The van der Waals surface area contributed by atoms with Gasteiger partial charge in [-0.05, 0) is 12.1 Å². The number of carbonyl (C=O) groups excluding carboxylic acids is 1. The molecular weight excluding hydrogens is 250 g/mol. The Bertz CT molecular complexity index is 384. The van der Waals surface area contributed by atoms with Gasteiger partial charge in [-0.2, -0.15) is 11.8 Å². The lowest BCUT2D eigenvalue weighted by molar-refractivity contribution is -0.115. The summed E-state index contributed by atoms with van der Waals surface area (Å²) in [5, 5.41) is 11.8. The van der Waals surface area contributed by atoms with E-state index in [1.807, 2.05) is 19.1 Å². The van der Waals surface area contributed by atoms with Gasteiger partial charge in [-0.15, -0.1) is 0 Å². The van der Waals surface area contributed by atoms with E-state index in [2.05, 4.69) is 5.32 Å². The van der Waals surface area contributed by atoms with Crippen LogP contribution in [0.3, 0.4) is 0 Å². The van der Waals surface area contributed by atoms with Gasteiger partial charge in [-0.1, -0.05) is 19.1 Å². The minimum atomic E-state index is -0.0443. The molecule has 5 heteroatoms. The second kappa shape index (κ2) is 8.00. The Hall–Kier alpha value is -1.20. The first kappa shape index (κ1) is 14.9. The second-order valence-electron chi connectivity index (χ2n) is 3.86. The lowest BCUT2D eigenvalue weighted by atomic mass is 10.3. The zero-order valence-corrected chi connectivity index (χ0v) is 11.5. The van der Waals surface area contributed by atoms with Gasteiger partial charge in [0.15, 0.2) is 0 Å². The topological polar surface area (TPSA) is 58.6 Å². The number of thioether (sulfide) groups is 1. The van der Waals surface area contributed by atoms with Gasteiger partial charge >= 0.3 is 0 Å². The van der Waals surface area contributed by atoms with Crippen molar-refractivity contribution in [2.45, 2.75) is 18.6 Å². The molecule has 0 aliphatic rings. The first-order chi connectivity index (χ1) is 8.67. The van der Waals surface area contributed by atoms with Crippen LogP contribution >= 0.6 is 11.8 Å². The molecule has 0 radical (unpaired) electrons. The average Bonchev–Trinajstić information content (AvgIpc) is 2.39. The van der Waals surface area contributed by atoms with E-state index in [1.54, 1.807) is 31.0 Å². The summed E-state index contributed by atoms with van der Waals surface area (Å²) in [5.41, 5.74) is 0.685. The summed E-state index contributed by atoms with van der Waals surface area (Å²) < 4.78 is 5.15. The first-order valence-electron chi connectivity index (χ1n) is 5.82. The maximum Gasteiger partial charge on any atom is 0.225 e. The van der Waals surface area contributed by atoms with Crippen LogP contribution in [0, 0.1) is 0 Å². The van der Waals surface area contributed by atoms with Gasteiger partial charge in [0.05, 0.1) is 19.4 Å². The minimum Gasteiger partial charge on any atom is -0.495 e. The van der Waals surface area contributed by atoms with Crippen molar-refractivity contribution < 1.29 is 14.6 Å². The molecule has 0 aliphatic carbocycles. The van der Waals surface area contributed by atoms with E-state index in [0.717, 1.165) is 0 Å². The maximum atomic E-state index is 11.7. The predicted molar refractivity (Wildman–Crippen MR) is 75.2 cm³/mol. The molecule has 100 valence electrons. The molecule has 0 heterocycles. The van der Waals surface area contributed by atoms with Crippen LogP contribution in [0.1, 0.15) is 13.3 Å². The number of aliphatic hydroxyl groups excluding tert-OH is 1. The molecule has 0 aliphatic heterocycles. The lowest BCUT2D eigenvalue weighted by Crippen LogP contribution is -2.14. The van der Waals surface area contributed by atoms with Gasteiger partial charge in [0.25, 0.3) is 0 Å². The van der Waals surface area contributed by atoms with Crippen molar-refractivity contribution in [3.05, 3.63) is 24.3 Å². The average molecular weight is 269 g/mol. The molecule has 4 nitrogen and oxygen atoms in total. The van der Waals surface area contributed by atoms with Gasteiger partial charge in [-0.25, -0.2) is 0 Å². The van der Waals surface area contributed by atoms with E-state index in [1.165, 1.54) is 0 Å². The fourth-order valence-corrected chi connectivity index (χ4v) is 2.18. The highest BCUT2D eigenvalue weighted by atomic mass is 32.2. The standard InChI is InChI=1S/C13H19NO3S/c1-10(9-15)18-8-7-13(16)14-11-5-3-4-6-12(11)17-2/h3-6,10,15H,7-9H2,1-2H3,(H,14,16). The number of hydrogen-bond acceptors (Lipinski definition) is 4. The molecule has 0 fully saturated rings. The number of carbonyl (C=O) groups is 1. The lowest BCUT2D eigenvalue weighted by Gasteiger charge is -2.10. The molecule has 0 aromatic heterocycles. The number of nitrogens with one attached hydrogen (secondary N) is 1. The first-order valence-corrected chi connectivity index (χ1v) is 6.87. The highest BCUT2D eigenvalue weighted by Crippen LogP contribution is 2.23. The van der Waals surface area contributed by atoms with E-state index in [0.29, 0.717) is 23.6 Å². The number of para-hydroxylation sites is 2. The molecule has 2 N–H and O–H groups in total. The zero-order valence-electron chi connectivity index (χ0n) is 10.7. The Morgan fingerprint density at radius 2 is 2.22 bits per heavy atom. The molecule has 1 aromatic rings. The van der Waals surface area contributed by atoms with Gasteiger partial charge in [0.2, 0.25) is 5.91 Å². The summed E-state index contributed by atoms with van der Waals surface area (Å²) in [5.74, 6) is 1.31. The van der Waals surface area contributed by atoms with Gasteiger partial charge in [0.1, 0.15) is 5.75 Å². The number of benzene rings is 1. The van der Waals surface area contributed by atoms with Gasteiger partial charge in [-0.3, -0.25) is 4.79 Å². The summed E-state index contributed by atoms with van der Waals surface area (Å²) in [6.07, 6.45) is 0.424. The van der Waals surface area contributed by atoms with Crippen LogP contribution in [-0.2, 0) is 4.79 Å². The van der Waals surface area contributed by atoms with E-state index in [-0.39, 0.29) is 17.8 Å². The smallest absolute Gasteiger partial charge is 0.225 e. The van der Waals surface area contributed by atoms with Crippen molar-refractivity contribution in [2.75, 3.05) is 24.8 Å². The number of hydrogen-bond donors (Lipinski definition) is 2. The van der Waals surface area contributed by atoms with Gasteiger partial charge < -0.3 is 15.2 Å². The van der Waals surface area contributed by atoms with Crippen LogP contribution in [0.2, 0.25) is 0 Å². The fraction of sp³-hybridized carbons (Fsp3) is 0.462. The fourth-order valence-electron chi connectivity index (χ4n) is 1.37. The van der Waals surface area contributed by atoms with Crippen LogP contribution in [0.15, 0.2) is 24.3 Å². The van der Waals surface area contributed by atoms with Crippen molar-refractivity contribution in [1.29, 1.82) is 0 Å². The molecule has 1 unspecified atom stereocenters. The normalized spacial score (nSPS) is 11.9. The Morgan fingerprint density at radius 3 is 2.89 bits per heavy atom. The third-order valence-corrected chi connectivity index (χ3v) is 3.53. The molecular formula is C13H19NO3S. The summed E-state index contributed by atoms with van der Waals surface area (Å²) in [7, 11) is 1.57. The number of anilines is 1. The minimum absolute atomic E-state index is 0.0443. The highest BCUT2D eigenvalue weighted by molar-refractivity contribution is 7.99. The number of ether oxygens (including phenoxy) is 1. The number of rotatable bonds is 7. The third kappa shape index (κ3) is 4.98. The SMILES string of the molecule is COc1ccccc1NC(=O)CCSC(C)CO. The number of aliphatic hydroxyl groups is 1. The second-order valence-corrected chi connectivity index (χ2v) is 5.41. The Balaban J connectivity index is 2.40. The molecule has 0 bridgehead atoms. The van der Waals surface area contributed by atoms with E-state index >= 15 is 0 Å². The number of methoxy groups -OCH3 is 1. The maximum absolute atomic E-state index is 11.7. The summed E-state index contributed by atoms with van der Waals surface area (Å²) >= 11 is 1.58. The molecule has 18 heavy (non-hydrogen) atoms. The van der Waals surface area contributed by atoms with Crippen LogP contribution in [0.4, 0.5) is 5.69 Å². The Morgan fingerprint density at radius 1 is 1.50 bits per heavy atom. The molecule has 1 atom stereocenters. The van der Waals surface area contributed by atoms with Crippen molar-refractivity contribution in [3.8, 4) is 5.75 Å². The monoisotopic (exact) mass is 269 g/mol. The van der Waals surface area contributed by atoms with Crippen molar-refractivity contribution in [1.82, 2.24) is 0 Å².